The molecule has 1 saturated heterocycles. The molecule has 31 heavy (non-hydrogen) atoms. The van der Waals surface area contributed by atoms with E-state index in [-0.39, 0.29) is 25.5 Å². The fourth-order valence-corrected chi connectivity index (χ4v) is 3.33. The van der Waals surface area contributed by atoms with Gasteiger partial charge in [0, 0.05) is 24.3 Å². The zero-order valence-electron chi connectivity index (χ0n) is 18.1. The van der Waals surface area contributed by atoms with Crippen molar-refractivity contribution in [3.8, 4) is 5.75 Å². The van der Waals surface area contributed by atoms with Gasteiger partial charge in [-0.15, -0.1) is 0 Å². The highest BCUT2D eigenvalue weighted by Crippen LogP contribution is 2.27. The largest absolute Gasteiger partial charge is 0.494 e. The maximum atomic E-state index is 12.4. The van der Waals surface area contributed by atoms with Gasteiger partial charge in [0.2, 0.25) is 5.91 Å². The van der Waals surface area contributed by atoms with Crippen LogP contribution in [-0.4, -0.2) is 37.5 Å². The second kappa shape index (κ2) is 10.1. The van der Waals surface area contributed by atoms with Crippen LogP contribution in [0.15, 0.2) is 42.5 Å². The molecule has 2 aromatic carbocycles. The van der Waals surface area contributed by atoms with Crippen molar-refractivity contribution in [3.05, 3.63) is 53.6 Å². The van der Waals surface area contributed by atoms with Crippen LogP contribution in [0.2, 0.25) is 0 Å². The molecule has 0 saturated carbocycles. The summed E-state index contributed by atoms with van der Waals surface area (Å²) in [4.78, 5) is 38.5. The van der Waals surface area contributed by atoms with Crippen molar-refractivity contribution in [3.63, 3.8) is 0 Å². The van der Waals surface area contributed by atoms with E-state index < -0.39 is 17.8 Å². The van der Waals surface area contributed by atoms with E-state index in [0.29, 0.717) is 18.0 Å². The summed E-state index contributed by atoms with van der Waals surface area (Å²) < 4.78 is 10.7. The molecule has 0 spiro atoms. The number of carbonyl (C=O) groups excluding carboxylic acids is 3. The number of rotatable bonds is 8. The summed E-state index contributed by atoms with van der Waals surface area (Å²) in [6.07, 6.45) is 0.977. The zero-order chi connectivity index (χ0) is 22.4. The summed E-state index contributed by atoms with van der Waals surface area (Å²) in [5, 5.41) is 2.71. The van der Waals surface area contributed by atoms with Crippen molar-refractivity contribution in [1.82, 2.24) is 0 Å². The smallest absolute Gasteiger partial charge is 0.311 e. The molecule has 1 heterocycles. The van der Waals surface area contributed by atoms with Crippen LogP contribution in [0.5, 0.6) is 5.75 Å². The Morgan fingerprint density at radius 2 is 1.84 bits per heavy atom. The SMILES string of the molecule is CCCOc1ccc(N2C[C@H](C(=O)OCC(=O)Nc3ccc(C)c(C)c3)CC2=O)cc1. The average Bonchev–Trinajstić information content (AvgIpc) is 3.15. The maximum Gasteiger partial charge on any atom is 0.311 e. The Balaban J connectivity index is 1.50. The van der Waals surface area contributed by atoms with Crippen LogP contribution in [0.3, 0.4) is 0 Å². The van der Waals surface area contributed by atoms with E-state index in [1.807, 2.05) is 32.9 Å². The third-order valence-corrected chi connectivity index (χ3v) is 5.22. The van der Waals surface area contributed by atoms with E-state index in [2.05, 4.69) is 5.32 Å². The van der Waals surface area contributed by atoms with Gasteiger partial charge in [-0.05, 0) is 67.8 Å². The van der Waals surface area contributed by atoms with E-state index in [1.54, 1.807) is 35.2 Å². The molecule has 7 nitrogen and oxygen atoms in total. The topological polar surface area (TPSA) is 84.9 Å². The molecule has 2 aromatic rings. The normalized spacial score (nSPS) is 15.6. The van der Waals surface area contributed by atoms with Gasteiger partial charge in [-0.1, -0.05) is 13.0 Å². The summed E-state index contributed by atoms with van der Waals surface area (Å²) in [6.45, 7) is 6.45. The first-order valence-corrected chi connectivity index (χ1v) is 10.4. The Morgan fingerprint density at radius 1 is 1.10 bits per heavy atom. The van der Waals surface area contributed by atoms with Crippen LogP contribution >= 0.6 is 0 Å². The van der Waals surface area contributed by atoms with Gasteiger partial charge in [0.25, 0.3) is 5.91 Å². The van der Waals surface area contributed by atoms with Gasteiger partial charge in [-0.2, -0.15) is 0 Å². The van der Waals surface area contributed by atoms with Crippen molar-refractivity contribution in [2.75, 3.05) is 30.0 Å². The maximum absolute atomic E-state index is 12.4. The quantitative estimate of drug-likeness (QED) is 0.654. The van der Waals surface area contributed by atoms with Crippen LogP contribution in [0.25, 0.3) is 0 Å². The Bertz CT molecular complexity index is 955. The molecular formula is C24H28N2O5. The van der Waals surface area contributed by atoms with Gasteiger partial charge in [0.1, 0.15) is 5.75 Å². The molecule has 1 aliphatic rings. The Labute approximate surface area is 182 Å². The number of aryl methyl sites for hydroxylation is 2. The fourth-order valence-electron chi connectivity index (χ4n) is 3.33. The van der Waals surface area contributed by atoms with E-state index in [0.717, 1.165) is 23.3 Å². The minimum atomic E-state index is -0.599. The number of nitrogens with one attached hydrogen (secondary N) is 1. The molecule has 7 heteroatoms. The van der Waals surface area contributed by atoms with E-state index in [9.17, 15) is 14.4 Å². The minimum Gasteiger partial charge on any atom is -0.494 e. The number of nitrogens with zero attached hydrogens (tertiary/aromatic N) is 1. The lowest BCUT2D eigenvalue weighted by atomic mass is 10.1. The first-order chi connectivity index (χ1) is 14.9. The fraction of sp³-hybridized carbons (Fsp3) is 0.375. The number of hydrogen-bond donors (Lipinski definition) is 1. The molecule has 1 N–H and O–H groups in total. The molecule has 1 atom stereocenters. The molecular weight excluding hydrogens is 396 g/mol. The van der Waals surface area contributed by atoms with Crippen molar-refractivity contribution >= 4 is 29.2 Å². The van der Waals surface area contributed by atoms with Crippen molar-refractivity contribution in [1.29, 1.82) is 0 Å². The molecule has 0 bridgehead atoms. The summed E-state index contributed by atoms with van der Waals surface area (Å²) in [5.41, 5.74) is 3.54. The highest BCUT2D eigenvalue weighted by atomic mass is 16.5. The second-order valence-electron chi connectivity index (χ2n) is 7.70. The Kier molecular flexibility index (Phi) is 7.28. The third kappa shape index (κ3) is 5.84. The highest BCUT2D eigenvalue weighted by molar-refractivity contribution is 6.00. The van der Waals surface area contributed by atoms with E-state index in [4.69, 9.17) is 9.47 Å². The minimum absolute atomic E-state index is 0.0612. The molecule has 1 fully saturated rings. The summed E-state index contributed by atoms with van der Waals surface area (Å²) in [7, 11) is 0. The number of hydrogen-bond acceptors (Lipinski definition) is 5. The van der Waals surface area contributed by atoms with Crippen LogP contribution in [-0.2, 0) is 19.1 Å². The summed E-state index contributed by atoms with van der Waals surface area (Å²) in [6, 6.07) is 12.8. The van der Waals surface area contributed by atoms with Gasteiger partial charge in [-0.25, -0.2) is 0 Å². The van der Waals surface area contributed by atoms with Crippen LogP contribution in [0, 0.1) is 19.8 Å². The highest BCUT2D eigenvalue weighted by Gasteiger charge is 2.36. The number of benzene rings is 2. The van der Waals surface area contributed by atoms with Crippen molar-refractivity contribution in [2.45, 2.75) is 33.6 Å². The molecule has 0 aromatic heterocycles. The molecule has 2 amide bonds. The molecule has 0 aliphatic carbocycles. The number of amides is 2. The Hall–Kier alpha value is -3.35. The Morgan fingerprint density at radius 3 is 2.52 bits per heavy atom. The van der Waals surface area contributed by atoms with Crippen molar-refractivity contribution < 1.29 is 23.9 Å². The molecule has 1 aliphatic heterocycles. The number of anilines is 2. The van der Waals surface area contributed by atoms with Crippen LogP contribution in [0.4, 0.5) is 11.4 Å². The number of ether oxygens (including phenoxy) is 2. The van der Waals surface area contributed by atoms with Gasteiger partial charge in [0.05, 0.1) is 12.5 Å². The monoisotopic (exact) mass is 424 g/mol. The standard InChI is InChI=1S/C24H28N2O5/c1-4-11-30-21-9-7-20(8-10-21)26-14-18(13-23(26)28)24(29)31-15-22(27)25-19-6-5-16(2)17(3)12-19/h5-10,12,18H,4,11,13-15H2,1-3H3,(H,25,27)/t18-/m1/s1. The lowest BCUT2D eigenvalue weighted by Crippen LogP contribution is -2.28. The molecule has 164 valence electrons. The van der Waals surface area contributed by atoms with Gasteiger partial charge in [-0.3, -0.25) is 14.4 Å². The second-order valence-corrected chi connectivity index (χ2v) is 7.70. The number of carbonyl (C=O) groups is 3. The average molecular weight is 424 g/mol. The lowest BCUT2D eigenvalue weighted by Gasteiger charge is -2.17. The first kappa shape index (κ1) is 22.3. The molecule has 3 rings (SSSR count). The van der Waals surface area contributed by atoms with Gasteiger partial charge < -0.3 is 19.7 Å². The summed E-state index contributed by atoms with van der Waals surface area (Å²) in [5.74, 6) is -0.973. The van der Waals surface area contributed by atoms with Crippen LogP contribution < -0.4 is 15.0 Å². The zero-order valence-corrected chi connectivity index (χ0v) is 18.1. The van der Waals surface area contributed by atoms with Gasteiger partial charge >= 0.3 is 5.97 Å². The van der Waals surface area contributed by atoms with Gasteiger partial charge in [0.15, 0.2) is 6.61 Å². The molecule has 0 radical (unpaired) electrons. The van der Waals surface area contributed by atoms with E-state index >= 15 is 0 Å². The van der Waals surface area contributed by atoms with E-state index in [1.165, 1.54) is 0 Å². The third-order valence-electron chi connectivity index (χ3n) is 5.22. The van der Waals surface area contributed by atoms with Crippen LogP contribution in [0.1, 0.15) is 30.9 Å². The predicted octanol–water partition coefficient (Wildman–Crippen LogP) is 3.63. The predicted molar refractivity (Wildman–Crippen MR) is 118 cm³/mol. The number of esters is 1. The first-order valence-electron chi connectivity index (χ1n) is 10.4. The molecule has 0 unspecified atom stereocenters. The lowest BCUT2D eigenvalue weighted by molar-refractivity contribution is -0.151. The summed E-state index contributed by atoms with van der Waals surface area (Å²) >= 11 is 0. The van der Waals surface area contributed by atoms with Crippen molar-refractivity contribution in [2.24, 2.45) is 5.92 Å².